The highest BCUT2D eigenvalue weighted by Crippen LogP contribution is 2.16. The summed E-state index contributed by atoms with van der Waals surface area (Å²) in [5, 5.41) is 8.89. The van der Waals surface area contributed by atoms with Crippen LogP contribution >= 0.6 is 0 Å². The fraction of sp³-hybridized carbons (Fsp3) is 0.600. The van der Waals surface area contributed by atoms with Gasteiger partial charge < -0.3 is 4.90 Å². The van der Waals surface area contributed by atoms with E-state index in [4.69, 9.17) is 5.26 Å². The Kier molecular flexibility index (Phi) is 5.75. The standard InChI is InChI=1S/C15H22N4O2S/c1-2-3-4-12-22(20,21)19-10-8-18(9-11-19)15-7-5-6-14(13-16)17-15/h5-7H,2-4,8-12H2,1H3. The Bertz CT molecular complexity index is 631. The van der Waals surface area contributed by atoms with Crippen LogP contribution in [0.1, 0.15) is 31.9 Å². The third-order valence-corrected chi connectivity index (χ3v) is 5.77. The van der Waals surface area contributed by atoms with Crippen molar-refractivity contribution in [3.8, 4) is 6.07 Å². The van der Waals surface area contributed by atoms with E-state index in [1.165, 1.54) is 0 Å². The molecule has 1 fully saturated rings. The van der Waals surface area contributed by atoms with Gasteiger partial charge in [0.05, 0.1) is 5.75 Å². The summed E-state index contributed by atoms with van der Waals surface area (Å²) in [6, 6.07) is 7.34. The second-order valence-electron chi connectivity index (χ2n) is 5.40. The van der Waals surface area contributed by atoms with Crippen molar-refractivity contribution in [2.24, 2.45) is 0 Å². The van der Waals surface area contributed by atoms with Gasteiger partial charge in [-0.3, -0.25) is 0 Å². The summed E-state index contributed by atoms with van der Waals surface area (Å²) in [5.74, 6) is 0.977. The predicted octanol–water partition coefficient (Wildman–Crippen LogP) is 1.60. The zero-order chi connectivity index (χ0) is 16.0. The maximum absolute atomic E-state index is 12.3. The molecule has 0 N–H and O–H groups in total. The number of unbranched alkanes of at least 4 members (excludes halogenated alkanes) is 2. The molecule has 1 aliphatic heterocycles. The number of pyridine rings is 1. The molecule has 1 aliphatic rings. The Morgan fingerprint density at radius 3 is 2.59 bits per heavy atom. The van der Waals surface area contributed by atoms with Crippen molar-refractivity contribution in [3.05, 3.63) is 23.9 Å². The second-order valence-corrected chi connectivity index (χ2v) is 7.49. The van der Waals surface area contributed by atoms with Gasteiger partial charge in [0.25, 0.3) is 0 Å². The number of anilines is 1. The van der Waals surface area contributed by atoms with Crippen molar-refractivity contribution < 1.29 is 8.42 Å². The van der Waals surface area contributed by atoms with E-state index >= 15 is 0 Å². The average Bonchev–Trinajstić information content (AvgIpc) is 2.55. The van der Waals surface area contributed by atoms with E-state index in [-0.39, 0.29) is 5.75 Å². The maximum atomic E-state index is 12.3. The van der Waals surface area contributed by atoms with Crippen LogP contribution in [0.15, 0.2) is 18.2 Å². The zero-order valence-corrected chi connectivity index (χ0v) is 13.7. The van der Waals surface area contributed by atoms with E-state index in [0.717, 1.165) is 25.1 Å². The molecule has 0 amide bonds. The summed E-state index contributed by atoms with van der Waals surface area (Å²) in [6.07, 6.45) is 2.69. The largest absolute Gasteiger partial charge is 0.354 e. The number of nitrogens with zero attached hydrogens (tertiary/aromatic N) is 4. The lowest BCUT2D eigenvalue weighted by Crippen LogP contribution is -2.49. The van der Waals surface area contributed by atoms with Crippen molar-refractivity contribution in [1.29, 1.82) is 5.26 Å². The molecule has 1 aromatic rings. The number of sulfonamides is 1. The highest BCUT2D eigenvalue weighted by molar-refractivity contribution is 7.89. The van der Waals surface area contributed by atoms with Crippen LogP contribution in [0.2, 0.25) is 0 Å². The quantitative estimate of drug-likeness (QED) is 0.743. The van der Waals surface area contributed by atoms with Crippen LogP contribution in [0, 0.1) is 11.3 Å². The molecule has 7 heteroatoms. The van der Waals surface area contributed by atoms with E-state index in [0.29, 0.717) is 31.9 Å². The first-order valence-corrected chi connectivity index (χ1v) is 9.27. The van der Waals surface area contributed by atoms with Crippen molar-refractivity contribution in [3.63, 3.8) is 0 Å². The van der Waals surface area contributed by atoms with Crippen LogP contribution in [-0.2, 0) is 10.0 Å². The van der Waals surface area contributed by atoms with E-state index < -0.39 is 10.0 Å². The minimum absolute atomic E-state index is 0.239. The summed E-state index contributed by atoms with van der Waals surface area (Å²) in [6.45, 7) is 4.23. The lowest BCUT2D eigenvalue weighted by atomic mass is 10.3. The lowest BCUT2D eigenvalue weighted by molar-refractivity contribution is 0.383. The molecule has 1 saturated heterocycles. The van der Waals surface area contributed by atoms with Gasteiger partial charge in [-0.25, -0.2) is 13.4 Å². The third kappa shape index (κ3) is 4.18. The van der Waals surface area contributed by atoms with E-state index in [1.807, 2.05) is 17.0 Å². The first-order chi connectivity index (χ1) is 10.6. The summed E-state index contributed by atoms with van der Waals surface area (Å²) >= 11 is 0. The van der Waals surface area contributed by atoms with Gasteiger partial charge in [-0.1, -0.05) is 25.8 Å². The molecule has 0 spiro atoms. The molecule has 0 saturated carbocycles. The topological polar surface area (TPSA) is 77.3 Å². The molecular formula is C15H22N4O2S. The Hall–Kier alpha value is -1.65. The fourth-order valence-corrected chi connectivity index (χ4v) is 4.07. The van der Waals surface area contributed by atoms with Gasteiger partial charge >= 0.3 is 0 Å². The zero-order valence-electron chi connectivity index (χ0n) is 12.9. The fourth-order valence-electron chi connectivity index (χ4n) is 2.52. The predicted molar refractivity (Wildman–Crippen MR) is 86.0 cm³/mol. The first-order valence-electron chi connectivity index (χ1n) is 7.67. The Labute approximate surface area is 132 Å². The van der Waals surface area contributed by atoms with Crippen LogP contribution in [0.5, 0.6) is 0 Å². The van der Waals surface area contributed by atoms with Crippen LogP contribution in [0.3, 0.4) is 0 Å². The van der Waals surface area contributed by atoms with Crippen molar-refractivity contribution in [1.82, 2.24) is 9.29 Å². The van der Waals surface area contributed by atoms with Crippen molar-refractivity contribution in [2.75, 3.05) is 36.8 Å². The van der Waals surface area contributed by atoms with Crippen LogP contribution in [-0.4, -0.2) is 49.6 Å². The minimum Gasteiger partial charge on any atom is -0.354 e. The monoisotopic (exact) mass is 322 g/mol. The van der Waals surface area contributed by atoms with Gasteiger partial charge in [0, 0.05) is 26.2 Å². The smallest absolute Gasteiger partial charge is 0.214 e. The number of piperazine rings is 1. The van der Waals surface area contributed by atoms with Crippen LogP contribution in [0.25, 0.3) is 0 Å². The number of rotatable bonds is 6. The highest BCUT2D eigenvalue weighted by Gasteiger charge is 2.26. The average molecular weight is 322 g/mol. The summed E-state index contributed by atoms with van der Waals surface area (Å²) in [7, 11) is -3.14. The SMILES string of the molecule is CCCCCS(=O)(=O)N1CCN(c2cccc(C#N)n2)CC1. The molecule has 0 unspecified atom stereocenters. The molecule has 0 atom stereocenters. The number of nitriles is 1. The van der Waals surface area contributed by atoms with E-state index in [2.05, 4.69) is 11.9 Å². The third-order valence-electron chi connectivity index (χ3n) is 3.81. The molecule has 1 aromatic heterocycles. The number of hydrogen-bond donors (Lipinski definition) is 0. The molecule has 0 aromatic carbocycles. The van der Waals surface area contributed by atoms with Crippen molar-refractivity contribution in [2.45, 2.75) is 26.2 Å². The molecule has 0 aliphatic carbocycles. The molecule has 120 valence electrons. The van der Waals surface area contributed by atoms with Gasteiger partial charge in [-0.2, -0.15) is 9.57 Å². The van der Waals surface area contributed by atoms with Gasteiger partial charge in [-0.05, 0) is 18.6 Å². The lowest BCUT2D eigenvalue weighted by Gasteiger charge is -2.34. The van der Waals surface area contributed by atoms with Gasteiger partial charge in [-0.15, -0.1) is 0 Å². The molecule has 6 nitrogen and oxygen atoms in total. The normalized spacial score (nSPS) is 16.5. The summed E-state index contributed by atoms with van der Waals surface area (Å²) in [4.78, 5) is 6.29. The molecule has 2 heterocycles. The molecular weight excluding hydrogens is 300 g/mol. The number of hydrogen-bond acceptors (Lipinski definition) is 5. The van der Waals surface area contributed by atoms with Crippen LogP contribution < -0.4 is 4.90 Å². The molecule has 2 rings (SSSR count). The Morgan fingerprint density at radius 1 is 1.23 bits per heavy atom. The molecule has 22 heavy (non-hydrogen) atoms. The van der Waals surface area contributed by atoms with Crippen molar-refractivity contribution >= 4 is 15.8 Å². The minimum atomic E-state index is -3.14. The van der Waals surface area contributed by atoms with E-state index in [9.17, 15) is 8.42 Å². The van der Waals surface area contributed by atoms with Crippen LogP contribution in [0.4, 0.5) is 5.82 Å². The van der Waals surface area contributed by atoms with E-state index in [1.54, 1.807) is 16.4 Å². The summed E-state index contributed by atoms with van der Waals surface area (Å²) < 4.78 is 26.1. The second kappa shape index (κ2) is 7.56. The van der Waals surface area contributed by atoms with Gasteiger partial charge in [0.1, 0.15) is 17.6 Å². The van der Waals surface area contributed by atoms with Gasteiger partial charge in [0.15, 0.2) is 0 Å². The summed E-state index contributed by atoms with van der Waals surface area (Å²) in [5.41, 5.74) is 0.382. The van der Waals surface area contributed by atoms with Gasteiger partial charge in [0.2, 0.25) is 10.0 Å². The Morgan fingerprint density at radius 2 is 1.95 bits per heavy atom. The maximum Gasteiger partial charge on any atom is 0.214 e. The number of aromatic nitrogens is 1. The highest BCUT2D eigenvalue weighted by atomic mass is 32.2. The molecule has 0 bridgehead atoms. The Balaban J connectivity index is 1.94. The molecule has 0 radical (unpaired) electrons. The first kappa shape index (κ1) is 16.7.